The van der Waals surface area contributed by atoms with Crippen LogP contribution in [0.1, 0.15) is 5.56 Å². The van der Waals surface area contributed by atoms with Crippen molar-refractivity contribution in [2.24, 2.45) is 0 Å². The van der Waals surface area contributed by atoms with E-state index < -0.39 is 18.0 Å². The number of aryl methyl sites for hydroxylation is 1. The van der Waals surface area contributed by atoms with Crippen LogP contribution >= 0.6 is 0 Å². The molecule has 1 atom stereocenters. The minimum absolute atomic E-state index is 0.235. The Kier molecular flexibility index (Phi) is 4.76. The van der Waals surface area contributed by atoms with E-state index in [1.165, 1.54) is 17.0 Å². The van der Waals surface area contributed by atoms with Crippen LogP contribution in [0.3, 0.4) is 0 Å². The van der Waals surface area contributed by atoms with Crippen molar-refractivity contribution in [1.82, 2.24) is 9.88 Å². The van der Waals surface area contributed by atoms with Gasteiger partial charge in [0.1, 0.15) is 11.9 Å². The monoisotopic (exact) mass is 391 g/mol. The molecule has 0 bridgehead atoms. The number of rotatable bonds is 2. The topological polar surface area (TPSA) is 48.6 Å². The number of alkyl halides is 3. The van der Waals surface area contributed by atoms with Gasteiger partial charge in [-0.25, -0.2) is 0 Å². The summed E-state index contributed by atoms with van der Waals surface area (Å²) in [7, 11) is 0. The Morgan fingerprint density at radius 3 is 2.64 bits per heavy atom. The lowest BCUT2D eigenvalue weighted by Crippen LogP contribution is -2.53. The van der Waals surface area contributed by atoms with Gasteiger partial charge in [0.2, 0.25) is 5.56 Å². The summed E-state index contributed by atoms with van der Waals surface area (Å²) in [5.41, 5.74) is 0.788. The second-order valence-corrected chi connectivity index (χ2v) is 6.91. The molecule has 1 aromatic carbocycles. The third-order valence-corrected chi connectivity index (χ3v) is 5.08. The molecular formula is C20H20F3N3O2. The van der Waals surface area contributed by atoms with Crippen LogP contribution in [0, 0.1) is 6.92 Å². The zero-order chi connectivity index (χ0) is 19.9. The first-order chi connectivity index (χ1) is 13.3. The highest BCUT2D eigenvalue weighted by molar-refractivity contribution is 5.86. The highest BCUT2D eigenvalue weighted by Crippen LogP contribution is 2.38. The van der Waals surface area contributed by atoms with Crippen LogP contribution in [0.15, 0.2) is 53.0 Å². The van der Waals surface area contributed by atoms with Gasteiger partial charge < -0.3 is 14.6 Å². The third kappa shape index (κ3) is 3.45. The molecule has 0 spiro atoms. The Morgan fingerprint density at radius 1 is 1.18 bits per heavy atom. The number of hydrogen-bond acceptors (Lipinski definition) is 4. The molecule has 2 aromatic rings. The Hall–Kier alpha value is -2.58. The molecule has 1 N–H and O–H groups in total. The molecule has 0 radical (unpaired) electrons. The van der Waals surface area contributed by atoms with E-state index in [0.717, 1.165) is 6.08 Å². The predicted molar refractivity (Wildman–Crippen MR) is 101 cm³/mol. The third-order valence-electron chi connectivity index (χ3n) is 5.08. The summed E-state index contributed by atoms with van der Waals surface area (Å²) in [5.74, 6) is 0. The van der Waals surface area contributed by atoms with Crippen molar-refractivity contribution in [3.05, 3.63) is 64.1 Å². The van der Waals surface area contributed by atoms with Crippen LogP contribution in [0.25, 0.3) is 10.9 Å². The van der Waals surface area contributed by atoms with Gasteiger partial charge in [0, 0.05) is 35.7 Å². The normalized spacial score (nSPS) is 21.2. The lowest BCUT2D eigenvalue weighted by molar-refractivity contribution is -0.0957. The number of halogens is 3. The average molecular weight is 391 g/mol. The average Bonchev–Trinajstić information content (AvgIpc) is 2.67. The predicted octanol–water partition coefficient (Wildman–Crippen LogP) is 3.32. The van der Waals surface area contributed by atoms with Gasteiger partial charge in [0.15, 0.2) is 0 Å². The lowest BCUT2D eigenvalue weighted by Gasteiger charge is -2.43. The van der Waals surface area contributed by atoms with Crippen LogP contribution in [-0.2, 0) is 4.74 Å². The fraction of sp³-hybridized carbons (Fsp3) is 0.350. The number of allylic oxidation sites excluding steroid dienone is 3. The number of morpholine rings is 1. The number of anilines is 1. The van der Waals surface area contributed by atoms with Crippen molar-refractivity contribution < 1.29 is 17.9 Å². The molecule has 1 aromatic heterocycles. The Morgan fingerprint density at radius 2 is 1.93 bits per heavy atom. The first kappa shape index (κ1) is 18.8. The summed E-state index contributed by atoms with van der Waals surface area (Å²) in [6.45, 7) is 3.85. The van der Waals surface area contributed by atoms with Crippen molar-refractivity contribution in [2.45, 2.75) is 19.3 Å². The molecule has 0 saturated carbocycles. The maximum Gasteiger partial charge on any atom is 0.431 e. The molecule has 8 heteroatoms. The fourth-order valence-corrected chi connectivity index (χ4v) is 3.77. The van der Waals surface area contributed by atoms with E-state index in [9.17, 15) is 18.0 Å². The van der Waals surface area contributed by atoms with E-state index in [2.05, 4.69) is 4.98 Å². The Balaban J connectivity index is 1.83. The minimum Gasteiger partial charge on any atom is -0.379 e. The van der Waals surface area contributed by atoms with E-state index in [4.69, 9.17) is 4.74 Å². The van der Waals surface area contributed by atoms with Crippen LogP contribution in [0.2, 0.25) is 0 Å². The van der Waals surface area contributed by atoms with Gasteiger partial charge in [-0.15, -0.1) is 0 Å². The quantitative estimate of drug-likeness (QED) is 0.853. The fourth-order valence-electron chi connectivity index (χ4n) is 3.77. The summed E-state index contributed by atoms with van der Waals surface area (Å²) in [6, 6.07) is 6.42. The van der Waals surface area contributed by atoms with E-state index >= 15 is 0 Å². The van der Waals surface area contributed by atoms with Gasteiger partial charge in [-0.3, -0.25) is 9.69 Å². The van der Waals surface area contributed by atoms with Gasteiger partial charge in [-0.2, -0.15) is 13.2 Å². The second kappa shape index (κ2) is 7.10. The molecule has 0 amide bonds. The van der Waals surface area contributed by atoms with E-state index in [1.807, 2.05) is 4.90 Å². The van der Waals surface area contributed by atoms with Crippen molar-refractivity contribution in [1.29, 1.82) is 0 Å². The molecule has 2 aliphatic rings. The number of ether oxygens (including phenoxy) is 1. The first-order valence-corrected chi connectivity index (χ1v) is 9.05. The number of aromatic nitrogens is 1. The molecule has 1 saturated heterocycles. The zero-order valence-corrected chi connectivity index (χ0v) is 15.3. The number of hydrogen-bond donors (Lipinski definition) is 1. The number of fused-ring (bicyclic) bond motifs is 1. The van der Waals surface area contributed by atoms with E-state index in [1.54, 1.807) is 31.2 Å². The number of aromatic amines is 1. The molecular weight excluding hydrogens is 371 g/mol. The molecule has 5 nitrogen and oxygen atoms in total. The summed E-state index contributed by atoms with van der Waals surface area (Å²) in [4.78, 5) is 17.7. The molecule has 3 heterocycles. The van der Waals surface area contributed by atoms with Crippen molar-refractivity contribution in [3.8, 4) is 0 Å². The maximum atomic E-state index is 13.8. The van der Waals surface area contributed by atoms with Gasteiger partial charge in [0.25, 0.3) is 0 Å². The van der Waals surface area contributed by atoms with Crippen LogP contribution in [0.5, 0.6) is 0 Å². The maximum absolute atomic E-state index is 13.8. The number of H-pyrrole nitrogens is 1. The van der Waals surface area contributed by atoms with Gasteiger partial charge in [0.05, 0.1) is 13.2 Å². The molecule has 0 aliphatic carbocycles. The van der Waals surface area contributed by atoms with Gasteiger partial charge >= 0.3 is 6.18 Å². The zero-order valence-electron chi connectivity index (χ0n) is 15.3. The SMILES string of the molecule is Cc1cc(=O)[nH]c2ccc(N3C(C(F)(F)F)=CC=CC3N3CCOCC3)cc12. The number of nitrogens with zero attached hydrogens (tertiary/aromatic N) is 2. The van der Waals surface area contributed by atoms with Gasteiger partial charge in [-0.05, 0) is 42.8 Å². The second-order valence-electron chi connectivity index (χ2n) is 6.91. The number of benzene rings is 1. The van der Waals surface area contributed by atoms with Crippen LogP contribution in [0.4, 0.5) is 18.9 Å². The van der Waals surface area contributed by atoms with Crippen LogP contribution < -0.4 is 10.5 Å². The highest BCUT2D eigenvalue weighted by atomic mass is 19.4. The minimum atomic E-state index is -4.50. The summed E-state index contributed by atoms with van der Waals surface area (Å²) < 4.78 is 46.8. The van der Waals surface area contributed by atoms with Crippen molar-refractivity contribution in [2.75, 3.05) is 31.2 Å². The molecule has 28 heavy (non-hydrogen) atoms. The van der Waals surface area contributed by atoms with Crippen molar-refractivity contribution >= 4 is 16.6 Å². The summed E-state index contributed by atoms with van der Waals surface area (Å²) in [5, 5.41) is 0.717. The molecule has 2 aliphatic heterocycles. The molecule has 1 fully saturated rings. The standard InChI is InChI=1S/C20H20F3N3O2/c1-13-11-18(27)24-16-6-5-14(12-15(13)16)26-17(20(21,22)23)3-2-4-19(26)25-7-9-28-10-8-25/h2-6,11-12,19H,7-10H2,1H3,(H,24,27). The number of pyridine rings is 1. The lowest BCUT2D eigenvalue weighted by atomic mass is 10.1. The Labute approximate surface area is 159 Å². The highest BCUT2D eigenvalue weighted by Gasteiger charge is 2.42. The summed E-state index contributed by atoms with van der Waals surface area (Å²) in [6.07, 6.45) is -0.732. The molecule has 148 valence electrons. The molecule has 1 unspecified atom stereocenters. The Bertz CT molecular complexity index is 1000. The smallest absolute Gasteiger partial charge is 0.379 e. The van der Waals surface area contributed by atoms with E-state index in [0.29, 0.717) is 48.5 Å². The van der Waals surface area contributed by atoms with Gasteiger partial charge in [-0.1, -0.05) is 6.08 Å². The van der Waals surface area contributed by atoms with Crippen molar-refractivity contribution in [3.63, 3.8) is 0 Å². The molecule has 4 rings (SSSR count). The largest absolute Gasteiger partial charge is 0.431 e. The first-order valence-electron chi connectivity index (χ1n) is 9.05. The number of nitrogens with one attached hydrogen (secondary N) is 1. The summed E-state index contributed by atoms with van der Waals surface area (Å²) >= 11 is 0. The van der Waals surface area contributed by atoms with E-state index in [-0.39, 0.29) is 5.56 Å². The van der Waals surface area contributed by atoms with Crippen LogP contribution in [-0.4, -0.2) is 48.5 Å².